The molecule has 186 valence electrons. The van der Waals surface area contributed by atoms with Crippen molar-refractivity contribution in [1.82, 2.24) is 9.55 Å². The van der Waals surface area contributed by atoms with Crippen molar-refractivity contribution < 1.29 is 9.47 Å². The van der Waals surface area contributed by atoms with Crippen LogP contribution in [0.3, 0.4) is 0 Å². The first-order valence-electron chi connectivity index (χ1n) is 13.0. The fourth-order valence-electron chi connectivity index (χ4n) is 6.29. The monoisotopic (exact) mass is 504 g/mol. The summed E-state index contributed by atoms with van der Waals surface area (Å²) in [6.07, 6.45) is 3.84. The van der Waals surface area contributed by atoms with Gasteiger partial charge in [-0.15, -0.1) is 0 Å². The molecule has 6 aromatic carbocycles. The van der Waals surface area contributed by atoms with Crippen LogP contribution in [0.25, 0.3) is 70.9 Å². The number of hydrogen-bond acceptors (Lipinski definition) is 3. The van der Waals surface area contributed by atoms with E-state index in [1.807, 2.05) is 18.5 Å². The molecule has 0 saturated heterocycles. The van der Waals surface area contributed by atoms with Crippen LogP contribution in [0.1, 0.15) is 0 Å². The number of benzene rings is 6. The summed E-state index contributed by atoms with van der Waals surface area (Å²) in [5.74, 6) is 1.50. The van der Waals surface area contributed by atoms with E-state index in [0.29, 0.717) is 0 Å². The van der Waals surface area contributed by atoms with E-state index < -0.39 is 0 Å². The Balaban J connectivity index is 1.54. The first-order chi connectivity index (χ1) is 19.2. The molecule has 0 aliphatic heterocycles. The zero-order chi connectivity index (χ0) is 26.1. The summed E-state index contributed by atoms with van der Waals surface area (Å²) in [6, 6.07) is 34.6. The van der Waals surface area contributed by atoms with E-state index in [9.17, 15) is 0 Å². The molecule has 8 rings (SSSR count). The van der Waals surface area contributed by atoms with Crippen molar-refractivity contribution in [3.63, 3.8) is 0 Å². The predicted octanol–water partition coefficient (Wildman–Crippen LogP) is 8.76. The van der Waals surface area contributed by atoms with Gasteiger partial charge in [0, 0.05) is 41.4 Å². The Morgan fingerprint density at radius 2 is 1.31 bits per heavy atom. The topological polar surface area (TPSA) is 36.3 Å². The summed E-state index contributed by atoms with van der Waals surface area (Å²) in [5.41, 5.74) is 5.69. The van der Waals surface area contributed by atoms with Crippen LogP contribution < -0.4 is 9.47 Å². The van der Waals surface area contributed by atoms with Gasteiger partial charge in [-0.25, -0.2) is 0 Å². The Hall–Kier alpha value is -5.09. The molecule has 2 heterocycles. The highest BCUT2D eigenvalue weighted by atomic mass is 16.5. The minimum atomic E-state index is 0.750. The molecular weight excluding hydrogens is 480 g/mol. The lowest BCUT2D eigenvalue weighted by atomic mass is 9.88. The van der Waals surface area contributed by atoms with Crippen molar-refractivity contribution in [3.8, 4) is 28.3 Å². The average Bonchev–Trinajstić information content (AvgIpc) is 3.33. The van der Waals surface area contributed by atoms with E-state index >= 15 is 0 Å². The quantitative estimate of drug-likeness (QED) is 0.225. The fraction of sp³-hybridized carbons (Fsp3) is 0.0571. The van der Waals surface area contributed by atoms with Crippen LogP contribution in [0.4, 0.5) is 0 Å². The van der Waals surface area contributed by atoms with Gasteiger partial charge < -0.3 is 14.0 Å². The zero-order valence-corrected chi connectivity index (χ0v) is 21.6. The molecule has 0 N–H and O–H groups in total. The molecule has 4 heteroatoms. The van der Waals surface area contributed by atoms with Crippen molar-refractivity contribution >= 4 is 54.1 Å². The Kier molecular flexibility index (Phi) is 4.62. The Morgan fingerprint density at radius 3 is 2.10 bits per heavy atom. The zero-order valence-electron chi connectivity index (χ0n) is 21.6. The van der Waals surface area contributed by atoms with E-state index in [0.717, 1.165) is 33.6 Å². The molecule has 0 atom stereocenters. The molecule has 0 amide bonds. The number of methoxy groups -OCH3 is 2. The highest BCUT2D eigenvalue weighted by molar-refractivity contribution is 6.33. The lowest BCUT2D eigenvalue weighted by Gasteiger charge is -2.16. The third-order valence-electron chi connectivity index (χ3n) is 7.99. The third kappa shape index (κ3) is 3.09. The van der Waals surface area contributed by atoms with Crippen LogP contribution in [0, 0.1) is 0 Å². The summed E-state index contributed by atoms with van der Waals surface area (Å²) >= 11 is 0. The van der Waals surface area contributed by atoms with Gasteiger partial charge in [0.15, 0.2) is 0 Å². The van der Waals surface area contributed by atoms with Crippen molar-refractivity contribution in [2.24, 2.45) is 0 Å². The first-order valence-corrected chi connectivity index (χ1v) is 13.0. The fourth-order valence-corrected chi connectivity index (χ4v) is 6.29. The molecular formula is C35H24N2O2. The minimum Gasteiger partial charge on any atom is -0.497 e. The van der Waals surface area contributed by atoms with E-state index in [1.54, 1.807) is 14.2 Å². The number of rotatable bonds is 4. The first kappa shape index (κ1) is 21.9. The molecule has 8 aromatic rings. The van der Waals surface area contributed by atoms with Crippen molar-refractivity contribution in [1.29, 1.82) is 0 Å². The van der Waals surface area contributed by atoms with Crippen LogP contribution >= 0.6 is 0 Å². The van der Waals surface area contributed by atoms with Gasteiger partial charge in [-0.1, -0.05) is 66.7 Å². The molecule has 0 saturated carbocycles. The lowest BCUT2D eigenvalue weighted by Crippen LogP contribution is -1.97. The van der Waals surface area contributed by atoms with E-state index in [2.05, 4.69) is 101 Å². The van der Waals surface area contributed by atoms with Gasteiger partial charge in [-0.2, -0.15) is 0 Å². The highest BCUT2D eigenvalue weighted by Crippen LogP contribution is 2.45. The molecule has 0 fully saturated rings. The van der Waals surface area contributed by atoms with E-state index in [4.69, 9.17) is 9.47 Å². The highest BCUT2D eigenvalue weighted by Gasteiger charge is 2.20. The lowest BCUT2D eigenvalue weighted by molar-refractivity contribution is 0.394. The second kappa shape index (κ2) is 8.20. The molecule has 0 aliphatic rings. The number of hydrogen-bond donors (Lipinski definition) is 0. The maximum absolute atomic E-state index is 5.62. The standard InChI is InChI=1S/C35H24N2O2/c1-38-25-17-24(18-26(19-25)39-2)37-31-14-15-36-20-30(31)35-29-13-9-22-8-11-27(21-6-4-3-5-7-21)28-12-10-23(16-32(35)37)34(29)33(22)28/h3-20H,1-2H3. The molecule has 0 bridgehead atoms. The van der Waals surface area contributed by atoms with Gasteiger partial charge in [0.2, 0.25) is 0 Å². The SMILES string of the molecule is COc1cc(OC)cc(-n2c3ccncc3c3c4ccc5ccc(-c6ccccc6)c6ccc(cc32)c4c56)c1. The smallest absolute Gasteiger partial charge is 0.124 e. The predicted molar refractivity (Wildman–Crippen MR) is 161 cm³/mol. The second-order valence-electron chi connectivity index (χ2n) is 9.97. The molecule has 2 aromatic heterocycles. The molecule has 0 unspecified atom stereocenters. The largest absolute Gasteiger partial charge is 0.497 e. The molecule has 0 aliphatic carbocycles. The van der Waals surface area contributed by atoms with Gasteiger partial charge in [0.05, 0.1) is 30.9 Å². The van der Waals surface area contributed by atoms with Crippen molar-refractivity contribution in [3.05, 3.63) is 109 Å². The molecule has 0 spiro atoms. The van der Waals surface area contributed by atoms with Crippen LogP contribution in [0.2, 0.25) is 0 Å². The number of aromatic nitrogens is 2. The van der Waals surface area contributed by atoms with Crippen LogP contribution in [-0.2, 0) is 0 Å². The maximum atomic E-state index is 5.62. The summed E-state index contributed by atoms with van der Waals surface area (Å²) in [6.45, 7) is 0. The van der Waals surface area contributed by atoms with Crippen LogP contribution in [0.5, 0.6) is 11.5 Å². The number of ether oxygens (including phenoxy) is 2. The maximum Gasteiger partial charge on any atom is 0.124 e. The minimum absolute atomic E-state index is 0.750. The van der Waals surface area contributed by atoms with Crippen molar-refractivity contribution in [2.75, 3.05) is 14.2 Å². The second-order valence-corrected chi connectivity index (χ2v) is 9.97. The number of nitrogens with zero attached hydrogens (tertiary/aromatic N) is 2. The van der Waals surface area contributed by atoms with Gasteiger partial charge in [0.25, 0.3) is 0 Å². The number of pyridine rings is 1. The van der Waals surface area contributed by atoms with Crippen LogP contribution in [-0.4, -0.2) is 23.8 Å². The Morgan fingerprint density at radius 1 is 0.590 bits per heavy atom. The molecule has 39 heavy (non-hydrogen) atoms. The average molecular weight is 505 g/mol. The van der Waals surface area contributed by atoms with Gasteiger partial charge >= 0.3 is 0 Å². The van der Waals surface area contributed by atoms with Gasteiger partial charge in [-0.3, -0.25) is 4.98 Å². The molecule has 0 radical (unpaired) electrons. The molecule has 4 nitrogen and oxygen atoms in total. The van der Waals surface area contributed by atoms with E-state index in [-0.39, 0.29) is 0 Å². The van der Waals surface area contributed by atoms with Gasteiger partial charge in [0.1, 0.15) is 11.5 Å². The van der Waals surface area contributed by atoms with Gasteiger partial charge in [-0.05, 0) is 55.6 Å². The summed E-state index contributed by atoms with van der Waals surface area (Å²) in [7, 11) is 3.37. The number of fused-ring (bicyclic) bond motifs is 4. The Labute approximate surface area is 225 Å². The summed E-state index contributed by atoms with van der Waals surface area (Å²) in [5, 5.41) is 9.90. The van der Waals surface area contributed by atoms with Crippen molar-refractivity contribution in [2.45, 2.75) is 0 Å². The normalized spacial score (nSPS) is 11.8. The third-order valence-corrected chi connectivity index (χ3v) is 7.99. The summed E-state index contributed by atoms with van der Waals surface area (Å²) in [4.78, 5) is 4.54. The van der Waals surface area contributed by atoms with Crippen LogP contribution in [0.15, 0.2) is 109 Å². The Bertz CT molecular complexity index is 2170. The van der Waals surface area contributed by atoms with E-state index in [1.165, 1.54) is 48.8 Å². The summed E-state index contributed by atoms with van der Waals surface area (Å²) < 4.78 is 13.5.